The molecule has 0 aromatic carbocycles. The zero-order chi connectivity index (χ0) is 9.84. The van der Waals surface area contributed by atoms with E-state index >= 15 is 0 Å². The predicted molar refractivity (Wildman–Crippen MR) is 54.2 cm³/mol. The number of hydrogen-bond acceptors (Lipinski definition) is 1. The summed E-state index contributed by atoms with van der Waals surface area (Å²) in [5.41, 5.74) is 2.24. The van der Waals surface area contributed by atoms with E-state index in [1.807, 2.05) is 13.0 Å². The second kappa shape index (κ2) is 4.08. The van der Waals surface area contributed by atoms with Crippen LogP contribution in [0, 0.1) is 5.92 Å². The van der Waals surface area contributed by atoms with Gasteiger partial charge in [-0.25, -0.2) is 0 Å². The summed E-state index contributed by atoms with van der Waals surface area (Å²) in [4.78, 5) is 11.0. The Bertz CT molecular complexity index is 276. The van der Waals surface area contributed by atoms with E-state index < -0.39 is 0 Å². The Kier molecular flexibility index (Phi) is 3.07. The highest BCUT2D eigenvalue weighted by molar-refractivity contribution is 5.79. The SMILES string of the molecule is C=C/C(C)=C(/C=C)C1CNC(=O)C1. The van der Waals surface area contributed by atoms with E-state index in [-0.39, 0.29) is 11.8 Å². The van der Waals surface area contributed by atoms with Crippen molar-refractivity contribution in [1.82, 2.24) is 5.32 Å². The van der Waals surface area contributed by atoms with Gasteiger partial charge in [0.2, 0.25) is 5.91 Å². The van der Waals surface area contributed by atoms with Crippen molar-refractivity contribution in [3.63, 3.8) is 0 Å². The molecule has 0 saturated carbocycles. The monoisotopic (exact) mass is 177 g/mol. The van der Waals surface area contributed by atoms with Gasteiger partial charge in [0, 0.05) is 18.9 Å². The summed E-state index contributed by atoms with van der Waals surface area (Å²) < 4.78 is 0. The van der Waals surface area contributed by atoms with E-state index in [1.165, 1.54) is 0 Å². The second-order valence-electron chi connectivity index (χ2n) is 3.25. The van der Waals surface area contributed by atoms with Crippen LogP contribution in [0.4, 0.5) is 0 Å². The fourth-order valence-corrected chi connectivity index (χ4v) is 1.59. The van der Waals surface area contributed by atoms with Crippen LogP contribution in [0.5, 0.6) is 0 Å². The molecule has 1 fully saturated rings. The molecule has 1 saturated heterocycles. The smallest absolute Gasteiger partial charge is 0.220 e. The number of rotatable bonds is 3. The van der Waals surface area contributed by atoms with E-state index in [0.29, 0.717) is 6.42 Å². The molecule has 0 radical (unpaired) electrons. The highest BCUT2D eigenvalue weighted by atomic mass is 16.1. The van der Waals surface area contributed by atoms with Crippen LogP contribution < -0.4 is 5.32 Å². The van der Waals surface area contributed by atoms with E-state index in [1.54, 1.807) is 6.08 Å². The molecule has 0 aromatic rings. The lowest BCUT2D eigenvalue weighted by Gasteiger charge is -2.10. The van der Waals surface area contributed by atoms with Crippen LogP contribution in [0.2, 0.25) is 0 Å². The molecule has 0 aromatic heterocycles. The highest BCUT2D eigenvalue weighted by Gasteiger charge is 2.23. The van der Waals surface area contributed by atoms with Crippen molar-refractivity contribution >= 4 is 5.91 Å². The van der Waals surface area contributed by atoms with Crippen molar-refractivity contribution in [3.05, 3.63) is 36.5 Å². The Morgan fingerprint density at radius 1 is 1.54 bits per heavy atom. The summed E-state index contributed by atoms with van der Waals surface area (Å²) in [5.74, 6) is 0.407. The van der Waals surface area contributed by atoms with Crippen molar-refractivity contribution in [3.8, 4) is 0 Å². The molecular formula is C11H15NO. The van der Waals surface area contributed by atoms with E-state index in [0.717, 1.165) is 17.7 Å². The van der Waals surface area contributed by atoms with Gasteiger partial charge >= 0.3 is 0 Å². The van der Waals surface area contributed by atoms with Gasteiger partial charge in [-0.2, -0.15) is 0 Å². The number of carbonyl (C=O) groups excluding carboxylic acids is 1. The van der Waals surface area contributed by atoms with Gasteiger partial charge < -0.3 is 5.32 Å². The zero-order valence-electron chi connectivity index (χ0n) is 7.97. The molecule has 1 amide bonds. The summed E-state index contributed by atoms with van der Waals surface area (Å²) in [6.45, 7) is 10.2. The minimum atomic E-state index is 0.126. The molecule has 1 unspecified atom stereocenters. The Morgan fingerprint density at radius 2 is 2.23 bits per heavy atom. The van der Waals surface area contributed by atoms with Crippen molar-refractivity contribution in [2.75, 3.05) is 6.54 Å². The Labute approximate surface area is 79.0 Å². The molecule has 1 aliphatic heterocycles. The topological polar surface area (TPSA) is 29.1 Å². The van der Waals surface area contributed by atoms with Gasteiger partial charge in [-0.1, -0.05) is 25.3 Å². The molecule has 0 aliphatic carbocycles. The van der Waals surface area contributed by atoms with Gasteiger partial charge in [-0.3, -0.25) is 4.79 Å². The van der Waals surface area contributed by atoms with Crippen molar-refractivity contribution in [2.45, 2.75) is 13.3 Å². The molecular weight excluding hydrogens is 162 g/mol. The molecule has 1 atom stereocenters. The van der Waals surface area contributed by atoms with E-state index in [4.69, 9.17) is 0 Å². The number of hydrogen-bond donors (Lipinski definition) is 1. The lowest BCUT2D eigenvalue weighted by molar-refractivity contribution is -0.119. The van der Waals surface area contributed by atoms with Gasteiger partial charge in [-0.05, 0) is 18.1 Å². The van der Waals surface area contributed by atoms with Crippen LogP contribution in [0.1, 0.15) is 13.3 Å². The Hall–Kier alpha value is -1.31. The normalized spacial score (nSPS) is 23.5. The van der Waals surface area contributed by atoms with Crippen LogP contribution in [0.3, 0.4) is 0 Å². The molecule has 0 bridgehead atoms. The average Bonchev–Trinajstić information content (AvgIpc) is 2.53. The second-order valence-corrected chi connectivity index (χ2v) is 3.25. The molecule has 70 valence electrons. The first-order chi connectivity index (χ1) is 6.19. The molecule has 1 N–H and O–H groups in total. The molecule has 13 heavy (non-hydrogen) atoms. The summed E-state index contributed by atoms with van der Waals surface area (Å²) in [6, 6.07) is 0. The Balaban J connectivity index is 2.84. The van der Waals surface area contributed by atoms with Gasteiger partial charge in [0.05, 0.1) is 0 Å². The molecule has 0 spiro atoms. The fourth-order valence-electron chi connectivity index (χ4n) is 1.59. The first kappa shape index (κ1) is 9.78. The lowest BCUT2D eigenvalue weighted by Crippen LogP contribution is -2.14. The van der Waals surface area contributed by atoms with Crippen molar-refractivity contribution in [2.24, 2.45) is 5.92 Å². The predicted octanol–water partition coefficient (Wildman–Crippen LogP) is 1.81. The van der Waals surface area contributed by atoms with Crippen LogP contribution in [-0.4, -0.2) is 12.5 Å². The maximum atomic E-state index is 11.0. The third-order valence-corrected chi connectivity index (χ3v) is 2.40. The minimum Gasteiger partial charge on any atom is -0.355 e. The zero-order valence-corrected chi connectivity index (χ0v) is 7.97. The van der Waals surface area contributed by atoms with Gasteiger partial charge in [0.15, 0.2) is 0 Å². The molecule has 1 rings (SSSR count). The largest absolute Gasteiger partial charge is 0.355 e. The van der Waals surface area contributed by atoms with Crippen LogP contribution >= 0.6 is 0 Å². The molecule has 2 nitrogen and oxygen atoms in total. The van der Waals surface area contributed by atoms with Crippen LogP contribution in [-0.2, 0) is 4.79 Å². The van der Waals surface area contributed by atoms with Crippen molar-refractivity contribution in [1.29, 1.82) is 0 Å². The lowest BCUT2D eigenvalue weighted by atomic mass is 9.94. The third kappa shape index (κ3) is 2.08. The van der Waals surface area contributed by atoms with E-state index in [9.17, 15) is 4.79 Å². The standard InChI is InChI=1S/C11H15NO/c1-4-8(3)10(5-2)9-6-11(13)12-7-9/h4-5,9H,1-2,6-7H2,3H3,(H,12,13)/b10-8-. The van der Waals surface area contributed by atoms with Crippen molar-refractivity contribution < 1.29 is 4.79 Å². The van der Waals surface area contributed by atoms with Gasteiger partial charge in [0.25, 0.3) is 0 Å². The average molecular weight is 177 g/mol. The van der Waals surface area contributed by atoms with E-state index in [2.05, 4.69) is 18.5 Å². The van der Waals surface area contributed by atoms with Gasteiger partial charge in [-0.15, -0.1) is 0 Å². The highest BCUT2D eigenvalue weighted by Crippen LogP contribution is 2.23. The molecule has 1 heterocycles. The maximum absolute atomic E-state index is 11.0. The van der Waals surface area contributed by atoms with Crippen LogP contribution in [0.25, 0.3) is 0 Å². The quantitative estimate of drug-likeness (QED) is 0.654. The molecule has 2 heteroatoms. The third-order valence-electron chi connectivity index (χ3n) is 2.40. The van der Waals surface area contributed by atoms with Crippen LogP contribution in [0.15, 0.2) is 36.5 Å². The Morgan fingerprint density at radius 3 is 2.62 bits per heavy atom. The summed E-state index contributed by atoms with van der Waals surface area (Å²) in [7, 11) is 0. The maximum Gasteiger partial charge on any atom is 0.220 e. The first-order valence-electron chi connectivity index (χ1n) is 4.41. The number of carbonyl (C=O) groups is 1. The fraction of sp³-hybridized carbons (Fsp3) is 0.364. The minimum absolute atomic E-state index is 0.126. The summed E-state index contributed by atoms with van der Waals surface area (Å²) in [6.07, 6.45) is 4.20. The summed E-state index contributed by atoms with van der Waals surface area (Å²) in [5, 5.41) is 2.81. The number of amides is 1. The number of allylic oxidation sites excluding steroid dienone is 3. The first-order valence-corrected chi connectivity index (χ1v) is 4.41. The van der Waals surface area contributed by atoms with Gasteiger partial charge in [0.1, 0.15) is 0 Å². The number of nitrogens with one attached hydrogen (secondary N) is 1. The molecule has 1 aliphatic rings. The summed E-state index contributed by atoms with van der Waals surface area (Å²) >= 11 is 0.